The number of pyridine rings is 1. The van der Waals surface area contributed by atoms with Gasteiger partial charge in [-0.3, -0.25) is 4.79 Å². The zero-order chi connectivity index (χ0) is 18.4. The van der Waals surface area contributed by atoms with Crippen molar-refractivity contribution in [3.63, 3.8) is 0 Å². The number of aryl methyl sites for hydroxylation is 1. The minimum Gasteiger partial charge on any atom is -0.481 e. The Kier molecular flexibility index (Phi) is 6.56. The number of nitrogens with zero attached hydrogens (tertiary/aromatic N) is 1. The fourth-order valence-electron chi connectivity index (χ4n) is 3.17. The number of hydrogen-bond donors (Lipinski definition) is 1. The first-order valence-corrected chi connectivity index (χ1v) is 10.2. The molecule has 3 rings (SSSR count). The minimum atomic E-state index is -0.734. The van der Waals surface area contributed by atoms with Crippen molar-refractivity contribution < 1.29 is 14.6 Å². The topological polar surface area (TPSA) is 59.4 Å². The molecule has 0 amide bonds. The van der Waals surface area contributed by atoms with Gasteiger partial charge in [0.25, 0.3) is 0 Å². The van der Waals surface area contributed by atoms with Gasteiger partial charge in [0.05, 0.1) is 0 Å². The summed E-state index contributed by atoms with van der Waals surface area (Å²) in [5.74, 6) is 0.806. The van der Waals surface area contributed by atoms with Gasteiger partial charge in [-0.2, -0.15) is 0 Å². The molecule has 0 atom stereocenters. The summed E-state index contributed by atoms with van der Waals surface area (Å²) in [6.45, 7) is 2.04. The van der Waals surface area contributed by atoms with Crippen LogP contribution in [0.1, 0.15) is 44.1 Å². The Morgan fingerprint density at radius 3 is 2.69 bits per heavy atom. The molecule has 5 heteroatoms. The number of aliphatic carboxylic acids is 1. The molecular formula is C21H25NO3S. The van der Waals surface area contributed by atoms with Gasteiger partial charge in [-0.25, -0.2) is 4.98 Å². The van der Waals surface area contributed by atoms with Crippen LogP contribution in [0.15, 0.2) is 41.4 Å². The minimum absolute atomic E-state index is 0.224. The number of carboxylic acid groups (broad SMARTS) is 1. The van der Waals surface area contributed by atoms with Crippen molar-refractivity contribution in [2.45, 2.75) is 56.4 Å². The van der Waals surface area contributed by atoms with Crippen molar-refractivity contribution >= 4 is 17.7 Å². The lowest BCUT2D eigenvalue weighted by Gasteiger charge is -2.16. The number of ether oxygens (including phenoxy) is 1. The summed E-state index contributed by atoms with van der Waals surface area (Å²) in [7, 11) is 0. The number of thioether (sulfide) groups is 1. The Hall–Kier alpha value is -2.01. The predicted octanol–water partition coefficient (Wildman–Crippen LogP) is 5.34. The Morgan fingerprint density at radius 2 is 2.00 bits per heavy atom. The van der Waals surface area contributed by atoms with Gasteiger partial charge in [0.1, 0.15) is 6.10 Å². The first kappa shape index (κ1) is 18.8. The number of aromatic nitrogens is 1. The average molecular weight is 372 g/mol. The molecule has 1 aromatic heterocycles. The molecular weight excluding hydrogens is 346 g/mol. The van der Waals surface area contributed by atoms with Crippen molar-refractivity contribution in [3.8, 4) is 17.0 Å². The largest absolute Gasteiger partial charge is 0.481 e. The van der Waals surface area contributed by atoms with Crippen LogP contribution in [0.4, 0.5) is 0 Å². The van der Waals surface area contributed by atoms with E-state index in [1.165, 1.54) is 12.8 Å². The SMILES string of the molecule is Cc1cnc(OC2CCCC2)c(-c2ccc(SCCCC(=O)O)cc2)c1. The van der Waals surface area contributed by atoms with E-state index in [1.54, 1.807) is 11.8 Å². The van der Waals surface area contributed by atoms with E-state index in [-0.39, 0.29) is 12.5 Å². The molecule has 1 aromatic carbocycles. The molecule has 2 aromatic rings. The fourth-order valence-corrected chi connectivity index (χ4v) is 4.02. The van der Waals surface area contributed by atoms with Gasteiger partial charge in [0, 0.05) is 23.1 Å². The Morgan fingerprint density at radius 1 is 1.27 bits per heavy atom. The maximum absolute atomic E-state index is 10.6. The number of benzene rings is 1. The second-order valence-corrected chi connectivity index (χ2v) is 7.93. The molecule has 26 heavy (non-hydrogen) atoms. The first-order valence-electron chi connectivity index (χ1n) is 9.20. The maximum atomic E-state index is 10.6. The molecule has 1 aliphatic rings. The van der Waals surface area contributed by atoms with E-state index in [0.29, 0.717) is 6.42 Å². The van der Waals surface area contributed by atoms with Crippen LogP contribution < -0.4 is 4.74 Å². The van der Waals surface area contributed by atoms with Gasteiger partial charge in [-0.15, -0.1) is 11.8 Å². The van der Waals surface area contributed by atoms with Gasteiger partial charge in [-0.1, -0.05) is 12.1 Å². The highest BCUT2D eigenvalue weighted by Crippen LogP contribution is 2.33. The van der Waals surface area contributed by atoms with Crippen LogP contribution >= 0.6 is 11.8 Å². The van der Waals surface area contributed by atoms with Gasteiger partial charge in [0.2, 0.25) is 5.88 Å². The molecule has 1 saturated carbocycles. The summed E-state index contributed by atoms with van der Waals surface area (Å²) in [6, 6.07) is 10.5. The second kappa shape index (κ2) is 9.08. The summed E-state index contributed by atoms with van der Waals surface area (Å²) in [5.41, 5.74) is 3.26. The molecule has 0 bridgehead atoms. The number of rotatable bonds is 8. The molecule has 0 unspecified atom stereocenters. The lowest BCUT2D eigenvalue weighted by molar-refractivity contribution is -0.137. The highest BCUT2D eigenvalue weighted by molar-refractivity contribution is 7.99. The highest BCUT2D eigenvalue weighted by Gasteiger charge is 2.19. The lowest BCUT2D eigenvalue weighted by Crippen LogP contribution is -2.12. The monoisotopic (exact) mass is 371 g/mol. The van der Waals surface area contributed by atoms with Crippen LogP contribution in [0.2, 0.25) is 0 Å². The Bertz CT molecular complexity index is 739. The van der Waals surface area contributed by atoms with E-state index in [2.05, 4.69) is 35.3 Å². The summed E-state index contributed by atoms with van der Waals surface area (Å²) in [6.07, 6.45) is 7.75. The summed E-state index contributed by atoms with van der Waals surface area (Å²) >= 11 is 1.69. The van der Waals surface area contributed by atoms with Gasteiger partial charge >= 0.3 is 5.97 Å². The van der Waals surface area contributed by atoms with Gasteiger partial charge in [-0.05, 0) is 74.1 Å². The first-order chi connectivity index (χ1) is 12.6. The van der Waals surface area contributed by atoms with Crippen LogP contribution in [-0.2, 0) is 4.79 Å². The third-order valence-corrected chi connectivity index (χ3v) is 5.64. The zero-order valence-corrected chi connectivity index (χ0v) is 15.9. The van der Waals surface area contributed by atoms with Crippen molar-refractivity contribution in [2.24, 2.45) is 0 Å². The summed E-state index contributed by atoms with van der Waals surface area (Å²) in [5, 5.41) is 8.70. The molecule has 1 heterocycles. The Balaban J connectivity index is 1.69. The zero-order valence-electron chi connectivity index (χ0n) is 15.1. The normalized spacial score (nSPS) is 14.5. The third kappa shape index (κ3) is 5.24. The van der Waals surface area contributed by atoms with E-state index < -0.39 is 5.97 Å². The number of carboxylic acids is 1. The van der Waals surface area contributed by atoms with Gasteiger partial charge < -0.3 is 9.84 Å². The smallest absolute Gasteiger partial charge is 0.303 e. The van der Waals surface area contributed by atoms with Crippen LogP contribution in [0, 0.1) is 6.92 Å². The molecule has 0 saturated heterocycles. The standard InChI is InChI=1S/C21H25NO3S/c1-15-13-19(21(22-14-15)25-17-5-2-3-6-17)16-8-10-18(11-9-16)26-12-4-7-20(23)24/h8-11,13-14,17H,2-7,12H2,1H3,(H,23,24). The van der Waals surface area contributed by atoms with E-state index in [4.69, 9.17) is 9.84 Å². The molecule has 138 valence electrons. The number of carbonyl (C=O) groups is 1. The summed E-state index contributed by atoms with van der Waals surface area (Å²) < 4.78 is 6.18. The summed E-state index contributed by atoms with van der Waals surface area (Å²) in [4.78, 5) is 16.3. The van der Waals surface area contributed by atoms with Crippen LogP contribution in [0.3, 0.4) is 0 Å². The fraction of sp³-hybridized carbons (Fsp3) is 0.429. The third-order valence-electron chi connectivity index (χ3n) is 4.54. The van der Waals surface area contributed by atoms with E-state index >= 15 is 0 Å². The molecule has 1 aliphatic carbocycles. The molecule has 1 N–H and O–H groups in total. The molecule has 4 nitrogen and oxygen atoms in total. The molecule has 0 radical (unpaired) electrons. The van der Waals surface area contributed by atoms with Crippen molar-refractivity contribution in [2.75, 3.05) is 5.75 Å². The highest BCUT2D eigenvalue weighted by atomic mass is 32.2. The maximum Gasteiger partial charge on any atom is 0.303 e. The Labute approximate surface area is 159 Å². The molecule has 0 spiro atoms. The van der Waals surface area contributed by atoms with Crippen LogP contribution in [-0.4, -0.2) is 27.9 Å². The van der Waals surface area contributed by atoms with Crippen molar-refractivity contribution in [3.05, 3.63) is 42.1 Å². The predicted molar refractivity (Wildman–Crippen MR) is 105 cm³/mol. The number of hydrogen-bond acceptors (Lipinski definition) is 4. The quantitative estimate of drug-likeness (QED) is 0.502. The van der Waals surface area contributed by atoms with Crippen molar-refractivity contribution in [1.82, 2.24) is 4.98 Å². The van der Waals surface area contributed by atoms with Crippen LogP contribution in [0.5, 0.6) is 5.88 Å². The van der Waals surface area contributed by atoms with E-state index in [9.17, 15) is 4.79 Å². The average Bonchev–Trinajstić information content (AvgIpc) is 3.14. The molecule has 0 aliphatic heterocycles. The van der Waals surface area contributed by atoms with Gasteiger partial charge in [0.15, 0.2) is 0 Å². The van der Waals surface area contributed by atoms with Crippen molar-refractivity contribution in [1.29, 1.82) is 0 Å². The lowest BCUT2D eigenvalue weighted by atomic mass is 10.1. The van der Waals surface area contributed by atoms with E-state index in [1.807, 2.05) is 13.1 Å². The molecule has 1 fully saturated rings. The van der Waals surface area contributed by atoms with E-state index in [0.717, 1.165) is 46.1 Å². The second-order valence-electron chi connectivity index (χ2n) is 6.76. The van der Waals surface area contributed by atoms with Crippen LogP contribution in [0.25, 0.3) is 11.1 Å².